The van der Waals surface area contributed by atoms with Crippen molar-refractivity contribution < 1.29 is 0 Å². The molecular formula is C10H19N5. The third-order valence-electron chi connectivity index (χ3n) is 2.91. The Morgan fingerprint density at radius 3 is 2.87 bits per heavy atom. The predicted octanol–water partition coefficient (Wildman–Crippen LogP) is 0.0796. The molecule has 0 bridgehead atoms. The van der Waals surface area contributed by atoms with E-state index >= 15 is 0 Å². The topological polar surface area (TPSA) is 68.8 Å². The van der Waals surface area contributed by atoms with Gasteiger partial charge in [0.15, 0.2) is 0 Å². The van der Waals surface area contributed by atoms with Crippen LogP contribution < -0.4 is 11.1 Å². The molecule has 0 aromatic carbocycles. The Kier molecular flexibility index (Phi) is 3.02. The number of nitrogens with one attached hydrogen (secondary N) is 1. The lowest BCUT2D eigenvalue weighted by molar-refractivity contribution is 0.462. The molecule has 2 rings (SSSR count). The largest absolute Gasteiger partial charge is 0.321 e. The predicted molar refractivity (Wildman–Crippen MR) is 58.4 cm³/mol. The highest BCUT2D eigenvalue weighted by molar-refractivity contribution is 5.03. The summed E-state index contributed by atoms with van der Waals surface area (Å²) in [5.41, 5.74) is 6.11. The molecule has 15 heavy (non-hydrogen) atoms. The number of fused-ring (bicyclic) bond motifs is 1. The average Bonchev–Trinajstić information content (AvgIpc) is 2.46. The Morgan fingerprint density at radius 2 is 2.13 bits per heavy atom. The van der Waals surface area contributed by atoms with Crippen LogP contribution in [-0.2, 0) is 13.0 Å². The van der Waals surface area contributed by atoms with E-state index in [1.807, 2.05) is 0 Å². The zero-order chi connectivity index (χ0) is 10.8. The first-order valence-corrected chi connectivity index (χ1v) is 5.58. The molecule has 1 aliphatic rings. The monoisotopic (exact) mass is 209 g/mol. The standard InChI is InChI=1S/C10H19N5/c1-7(2)9(11)10-14-13-8-3-4-12-5-6-15(8)10/h7,9,12H,3-6,11H2,1-2H3/t9-/m0/s1. The van der Waals surface area contributed by atoms with E-state index in [1.165, 1.54) is 0 Å². The highest BCUT2D eigenvalue weighted by Gasteiger charge is 2.21. The zero-order valence-electron chi connectivity index (χ0n) is 9.40. The summed E-state index contributed by atoms with van der Waals surface area (Å²) in [6.45, 7) is 7.11. The van der Waals surface area contributed by atoms with Crippen LogP contribution in [-0.4, -0.2) is 27.9 Å². The number of hydrogen-bond acceptors (Lipinski definition) is 4. The number of aromatic nitrogens is 3. The van der Waals surface area contributed by atoms with Crippen molar-refractivity contribution in [1.29, 1.82) is 0 Å². The Hall–Kier alpha value is -0.940. The molecule has 3 N–H and O–H groups in total. The van der Waals surface area contributed by atoms with Gasteiger partial charge in [-0.1, -0.05) is 13.8 Å². The molecule has 0 saturated heterocycles. The lowest BCUT2D eigenvalue weighted by Gasteiger charge is -2.16. The van der Waals surface area contributed by atoms with Crippen molar-refractivity contribution in [2.75, 3.05) is 13.1 Å². The van der Waals surface area contributed by atoms with Crippen molar-refractivity contribution in [1.82, 2.24) is 20.1 Å². The minimum Gasteiger partial charge on any atom is -0.321 e. The van der Waals surface area contributed by atoms with E-state index in [2.05, 4.69) is 33.9 Å². The van der Waals surface area contributed by atoms with Crippen LogP contribution in [0.2, 0.25) is 0 Å². The van der Waals surface area contributed by atoms with Gasteiger partial charge in [0.2, 0.25) is 0 Å². The van der Waals surface area contributed by atoms with Gasteiger partial charge in [-0.3, -0.25) is 0 Å². The molecule has 0 aliphatic carbocycles. The fraction of sp³-hybridized carbons (Fsp3) is 0.800. The molecule has 5 heteroatoms. The van der Waals surface area contributed by atoms with Gasteiger partial charge in [-0.25, -0.2) is 0 Å². The molecule has 0 fully saturated rings. The molecule has 1 aromatic heterocycles. The second-order valence-corrected chi connectivity index (χ2v) is 4.40. The molecule has 0 spiro atoms. The summed E-state index contributed by atoms with van der Waals surface area (Å²) in [7, 11) is 0. The number of rotatable bonds is 2. The van der Waals surface area contributed by atoms with Crippen LogP contribution in [0.25, 0.3) is 0 Å². The van der Waals surface area contributed by atoms with E-state index in [0.717, 1.165) is 37.7 Å². The molecule has 2 heterocycles. The summed E-state index contributed by atoms with van der Waals surface area (Å²) in [5.74, 6) is 2.39. The molecule has 1 aromatic rings. The number of nitrogens with two attached hydrogens (primary N) is 1. The third-order valence-corrected chi connectivity index (χ3v) is 2.91. The van der Waals surface area contributed by atoms with Crippen LogP contribution in [0.4, 0.5) is 0 Å². The summed E-state index contributed by atoms with van der Waals surface area (Å²) in [6.07, 6.45) is 0.942. The van der Waals surface area contributed by atoms with Gasteiger partial charge in [-0.15, -0.1) is 10.2 Å². The van der Waals surface area contributed by atoms with Gasteiger partial charge in [0, 0.05) is 26.1 Å². The summed E-state index contributed by atoms with van der Waals surface area (Å²) >= 11 is 0. The van der Waals surface area contributed by atoms with Gasteiger partial charge in [0.1, 0.15) is 11.6 Å². The maximum atomic E-state index is 6.11. The van der Waals surface area contributed by atoms with Crippen LogP contribution in [0.3, 0.4) is 0 Å². The van der Waals surface area contributed by atoms with E-state index < -0.39 is 0 Å². The second kappa shape index (κ2) is 4.28. The third kappa shape index (κ3) is 2.03. The van der Waals surface area contributed by atoms with E-state index in [4.69, 9.17) is 5.73 Å². The first-order chi connectivity index (χ1) is 7.20. The number of hydrogen-bond donors (Lipinski definition) is 2. The smallest absolute Gasteiger partial charge is 0.150 e. The lowest BCUT2D eigenvalue weighted by Crippen LogP contribution is -2.24. The summed E-state index contributed by atoms with van der Waals surface area (Å²) in [6, 6.07) is -0.00986. The van der Waals surface area contributed by atoms with Crippen molar-refractivity contribution >= 4 is 0 Å². The van der Waals surface area contributed by atoms with Crippen molar-refractivity contribution in [3.8, 4) is 0 Å². The molecule has 0 saturated carbocycles. The van der Waals surface area contributed by atoms with Crippen molar-refractivity contribution in [2.45, 2.75) is 32.9 Å². The van der Waals surface area contributed by atoms with Gasteiger partial charge < -0.3 is 15.6 Å². The van der Waals surface area contributed by atoms with Gasteiger partial charge in [0.05, 0.1) is 6.04 Å². The van der Waals surface area contributed by atoms with Crippen LogP contribution in [0.1, 0.15) is 31.5 Å². The first kappa shape index (κ1) is 10.6. The fourth-order valence-electron chi connectivity index (χ4n) is 1.84. The van der Waals surface area contributed by atoms with E-state index in [-0.39, 0.29) is 6.04 Å². The van der Waals surface area contributed by atoms with Crippen molar-refractivity contribution in [3.63, 3.8) is 0 Å². The molecule has 1 atom stereocenters. The van der Waals surface area contributed by atoms with Crippen LogP contribution >= 0.6 is 0 Å². The van der Waals surface area contributed by atoms with Crippen LogP contribution in [0, 0.1) is 5.92 Å². The van der Waals surface area contributed by atoms with Crippen LogP contribution in [0.5, 0.6) is 0 Å². The molecular weight excluding hydrogens is 190 g/mol. The second-order valence-electron chi connectivity index (χ2n) is 4.40. The average molecular weight is 209 g/mol. The molecule has 0 amide bonds. The molecule has 0 unspecified atom stereocenters. The minimum absolute atomic E-state index is 0.00986. The Balaban J connectivity index is 2.29. The molecule has 5 nitrogen and oxygen atoms in total. The zero-order valence-corrected chi connectivity index (χ0v) is 9.40. The minimum atomic E-state index is -0.00986. The first-order valence-electron chi connectivity index (χ1n) is 5.58. The summed E-state index contributed by atoms with van der Waals surface area (Å²) < 4.78 is 2.17. The SMILES string of the molecule is CC(C)[C@H](N)c1nnc2n1CCNCC2. The van der Waals surface area contributed by atoms with E-state index in [0.29, 0.717) is 5.92 Å². The quantitative estimate of drug-likeness (QED) is 0.724. The Bertz CT molecular complexity index is 331. The maximum Gasteiger partial charge on any atom is 0.150 e. The summed E-state index contributed by atoms with van der Waals surface area (Å²) in [4.78, 5) is 0. The van der Waals surface area contributed by atoms with Gasteiger partial charge in [0.25, 0.3) is 0 Å². The highest BCUT2D eigenvalue weighted by Crippen LogP contribution is 2.18. The van der Waals surface area contributed by atoms with E-state index in [9.17, 15) is 0 Å². The normalized spacial score (nSPS) is 18.7. The van der Waals surface area contributed by atoms with E-state index in [1.54, 1.807) is 0 Å². The summed E-state index contributed by atoms with van der Waals surface area (Å²) in [5, 5.41) is 11.8. The molecule has 0 radical (unpaired) electrons. The fourth-order valence-corrected chi connectivity index (χ4v) is 1.84. The van der Waals surface area contributed by atoms with Crippen LogP contribution in [0.15, 0.2) is 0 Å². The number of nitrogens with zero attached hydrogens (tertiary/aromatic N) is 3. The lowest BCUT2D eigenvalue weighted by atomic mass is 10.1. The van der Waals surface area contributed by atoms with Crippen molar-refractivity contribution in [3.05, 3.63) is 11.6 Å². The highest BCUT2D eigenvalue weighted by atomic mass is 15.3. The Labute approximate surface area is 90.1 Å². The van der Waals surface area contributed by atoms with Gasteiger partial charge in [-0.05, 0) is 5.92 Å². The van der Waals surface area contributed by atoms with Crippen molar-refractivity contribution in [2.24, 2.45) is 11.7 Å². The maximum absolute atomic E-state index is 6.11. The Morgan fingerprint density at radius 1 is 1.33 bits per heavy atom. The molecule has 1 aliphatic heterocycles. The van der Waals surface area contributed by atoms with Gasteiger partial charge in [-0.2, -0.15) is 0 Å². The van der Waals surface area contributed by atoms with Gasteiger partial charge >= 0.3 is 0 Å². The molecule has 84 valence electrons.